The molecule has 1 amide bonds. The van der Waals surface area contributed by atoms with E-state index >= 15 is 0 Å². The van der Waals surface area contributed by atoms with Gasteiger partial charge in [0.15, 0.2) is 0 Å². The normalized spacial score (nSPS) is 9.68. The standard InChI is InChI=1S/C11H9N5O3/c17-7-14-10-5-11(13-6-12-10)15-8-3-1-2-4-9(8)16(18)19/h1-7H,(H2,12,13,14,15,17). The van der Waals surface area contributed by atoms with Gasteiger partial charge in [-0.3, -0.25) is 14.9 Å². The fourth-order valence-electron chi connectivity index (χ4n) is 1.44. The number of nitrogens with one attached hydrogen (secondary N) is 2. The van der Waals surface area contributed by atoms with Crippen LogP contribution in [0.4, 0.5) is 23.0 Å². The molecule has 1 heterocycles. The van der Waals surface area contributed by atoms with E-state index in [1.807, 2.05) is 0 Å². The highest BCUT2D eigenvalue weighted by Gasteiger charge is 2.12. The molecule has 2 aromatic rings. The Kier molecular flexibility index (Phi) is 3.62. The average Bonchev–Trinajstić information content (AvgIpc) is 2.40. The van der Waals surface area contributed by atoms with E-state index in [0.717, 1.165) is 0 Å². The summed E-state index contributed by atoms with van der Waals surface area (Å²) in [5.41, 5.74) is 0.245. The van der Waals surface area contributed by atoms with Crippen molar-refractivity contribution in [3.63, 3.8) is 0 Å². The summed E-state index contributed by atoms with van der Waals surface area (Å²) in [5.74, 6) is 0.639. The van der Waals surface area contributed by atoms with Crippen LogP contribution in [0.15, 0.2) is 36.7 Å². The van der Waals surface area contributed by atoms with Gasteiger partial charge in [-0.1, -0.05) is 12.1 Å². The number of carbonyl (C=O) groups is 1. The lowest BCUT2D eigenvalue weighted by Crippen LogP contribution is -2.01. The molecule has 0 spiro atoms. The first-order valence-corrected chi connectivity index (χ1v) is 5.23. The van der Waals surface area contributed by atoms with Gasteiger partial charge in [0.2, 0.25) is 6.41 Å². The van der Waals surface area contributed by atoms with E-state index in [1.165, 1.54) is 18.5 Å². The first kappa shape index (κ1) is 12.4. The van der Waals surface area contributed by atoms with Crippen LogP contribution in [0.3, 0.4) is 0 Å². The van der Waals surface area contributed by atoms with Crippen LogP contribution in [-0.2, 0) is 4.79 Å². The first-order valence-electron chi connectivity index (χ1n) is 5.23. The number of benzene rings is 1. The van der Waals surface area contributed by atoms with Crippen molar-refractivity contribution >= 4 is 29.4 Å². The molecule has 8 heteroatoms. The van der Waals surface area contributed by atoms with Crippen molar-refractivity contribution in [1.82, 2.24) is 9.97 Å². The summed E-state index contributed by atoms with van der Waals surface area (Å²) in [6, 6.07) is 7.65. The molecular weight excluding hydrogens is 250 g/mol. The number of amides is 1. The summed E-state index contributed by atoms with van der Waals surface area (Å²) in [4.78, 5) is 28.4. The first-order chi connectivity index (χ1) is 9.20. The van der Waals surface area contributed by atoms with Gasteiger partial charge >= 0.3 is 0 Å². The van der Waals surface area contributed by atoms with E-state index in [9.17, 15) is 14.9 Å². The number of nitro groups is 1. The average molecular weight is 259 g/mol. The van der Waals surface area contributed by atoms with Crippen molar-refractivity contribution in [3.05, 3.63) is 46.8 Å². The third kappa shape index (κ3) is 3.00. The van der Waals surface area contributed by atoms with Crippen LogP contribution in [0, 0.1) is 10.1 Å². The molecule has 96 valence electrons. The number of nitrogens with zero attached hydrogens (tertiary/aromatic N) is 3. The SMILES string of the molecule is O=CNc1cc(Nc2ccccc2[N+](=O)[O-])ncn1. The van der Waals surface area contributed by atoms with Crippen molar-refractivity contribution in [2.24, 2.45) is 0 Å². The summed E-state index contributed by atoms with van der Waals surface area (Å²) in [5, 5.41) is 16.0. The maximum absolute atomic E-state index is 10.9. The molecule has 2 N–H and O–H groups in total. The molecule has 19 heavy (non-hydrogen) atoms. The van der Waals surface area contributed by atoms with Crippen LogP contribution >= 0.6 is 0 Å². The largest absolute Gasteiger partial charge is 0.334 e. The smallest absolute Gasteiger partial charge is 0.292 e. The lowest BCUT2D eigenvalue weighted by molar-refractivity contribution is -0.383. The Morgan fingerprint density at radius 3 is 2.68 bits per heavy atom. The zero-order valence-electron chi connectivity index (χ0n) is 9.61. The van der Waals surface area contributed by atoms with Crippen molar-refractivity contribution in [3.8, 4) is 0 Å². The van der Waals surface area contributed by atoms with Gasteiger partial charge in [-0.15, -0.1) is 0 Å². The van der Waals surface area contributed by atoms with Gasteiger partial charge < -0.3 is 10.6 Å². The number of hydrogen-bond acceptors (Lipinski definition) is 6. The number of nitro benzene ring substituents is 1. The highest BCUT2D eigenvalue weighted by Crippen LogP contribution is 2.26. The van der Waals surface area contributed by atoms with E-state index in [-0.39, 0.29) is 5.69 Å². The molecule has 0 aliphatic heterocycles. The van der Waals surface area contributed by atoms with Crippen molar-refractivity contribution in [2.45, 2.75) is 0 Å². The summed E-state index contributed by atoms with van der Waals surface area (Å²) in [7, 11) is 0. The molecule has 0 fully saturated rings. The summed E-state index contributed by atoms with van der Waals surface area (Å²) in [6.07, 6.45) is 1.72. The van der Waals surface area contributed by atoms with Crippen molar-refractivity contribution in [1.29, 1.82) is 0 Å². The molecule has 0 unspecified atom stereocenters. The van der Waals surface area contributed by atoms with Crippen LogP contribution in [0.2, 0.25) is 0 Å². The zero-order valence-corrected chi connectivity index (χ0v) is 9.61. The summed E-state index contributed by atoms with van der Waals surface area (Å²) < 4.78 is 0. The molecular formula is C11H9N5O3. The number of hydrogen-bond donors (Lipinski definition) is 2. The second-order valence-electron chi connectivity index (χ2n) is 3.45. The number of carbonyl (C=O) groups excluding carboxylic acids is 1. The maximum atomic E-state index is 10.9. The van der Waals surface area contributed by atoms with E-state index in [4.69, 9.17) is 0 Å². The van der Waals surface area contributed by atoms with Gasteiger partial charge in [-0.25, -0.2) is 9.97 Å². The third-order valence-corrected chi connectivity index (χ3v) is 2.24. The Morgan fingerprint density at radius 2 is 1.95 bits per heavy atom. The van der Waals surface area contributed by atoms with Crippen LogP contribution in [0.1, 0.15) is 0 Å². The number of para-hydroxylation sites is 2. The second kappa shape index (κ2) is 5.54. The van der Waals surface area contributed by atoms with E-state index < -0.39 is 4.92 Å². The monoisotopic (exact) mass is 259 g/mol. The molecule has 0 bridgehead atoms. The Morgan fingerprint density at radius 1 is 1.21 bits per heavy atom. The number of anilines is 3. The maximum Gasteiger partial charge on any atom is 0.292 e. The van der Waals surface area contributed by atoms with Crippen LogP contribution in [0.5, 0.6) is 0 Å². The predicted octanol–water partition coefficient (Wildman–Crippen LogP) is 1.70. The molecule has 0 aliphatic carbocycles. The molecule has 2 rings (SSSR count). The molecule has 0 saturated carbocycles. The Balaban J connectivity index is 2.28. The highest BCUT2D eigenvalue weighted by molar-refractivity contribution is 5.72. The van der Waals surface area contributed by atoms with Gasteiger partial charge in [0, 0.05) is 12.1 Å². The molecule has 0 saturated heterocycles. The minimum atomic E-state index is -0.492. The molecule has 1 aromatic carbocycles. The van der Waals surface area contributed by atoms with Gasteiger partial charge in [0.25, 0.3) is 5.69 Å². The van der Waals surface area contributed by atoms with Crippen molar-refractivity contribution < 1.29 is 9.72 Å². The fraction of sp³-hybridized carbons (Fsp3) is 0. The zero-order chi connectivity index (χ0) is 13.7. The summed E-state index contributed by atoms with van der Waals surface area (Å²) >= 11 is 0. The second-order valence-corrected chi connectivity index (χ2v) is 3.45. The topological polar surface area (TPSA) is 110 Å². The van der Waals surface area contributed by atoms with Crippen LogP contribution in [0.25, 0.3) is 0 Å². The van der Waals surface area contributed by atoms with E-state index in [1.54, 1.807) is 18.2 Å². The molecule has 0 radical (unpaired) electrons. The van der Waals surface area contributed by atoms with E-state index in [0.29, 0.717) is 23.7 Å². The number of aromatic nitrogens is 2. The minimum Gasteiger partial charge on any atom is -0.334 e. The van der Waals surface area contributed by atoms with E-state index in [2.05, 4.69) is 20.6 Å². The van der Waals surface area contributed by atoms with Gasteiger partial charge in [0.1, 0.15) is 23.7 Å². The highest BCUT2D eigenvalue weighted by atomic mass is 16.6. The van der Waals surface area contributed by atoms with Crippen LogP contribution < -0.4 is 10.6 Å². The van der Waals surface area contributed by atoms with Crippen LogP contribution in [-0.4, -0.2) is 21.3 Å². The molecule has 0 aliphatic rings. The van der Waals surface area contributed by atoms with Gasteiger partial charge in [-0.2, -0.15) is 0 Å². The lowest BCUT2D eigenvalue weighted by Gasteiger charge is -2.06. The Labute approximate surface area is 107 Å². The Hall–Kier alpha value is -3.03. The minimum absolute atomic E-state index is 0.0639. The van der Waals surface area contributed by atoms with Crippen molar-refractivity contribution in [2.75, 3.05) is 10.6 Å². The quantitative estimate of drug-likeness (QED) is 0.480. The van der Waals surface area contributed by atoms with Gasteiger partial charge in [-0.05, 0) is 6.07 Å². The lowest BCUT2D eigenvalue weighted by atomic mass is 10.2. The Bertz CT molecular complexity index is 617. The third-order valence-electron chi connectivity index (χ3n) is 2.24. The predicted molar refractivity (Wildman–Crippen MR) is 68.1 cm³/mol. The molecule has 8 nitrogen and oxygen atoms in total. The number of rotatable bonds is 5. The summed E-state index contributed by atoms with van der Waals surface area (Å²) in [6.45, 7) is 0. The fourth-order valence-corrected chi connectivity index (χ4v) is 1.44. The molecule has 1 aromatic heterocycles. The molecule has 0 atom stereocenters. The van der Waals surface area contributed by atoms with Gasteiger partial charge in [0.05, 0.1) is 4.92 Å².